The van der Waals surface area contributed by atoms with Gasteiger partial charge >= 0.3 is 0 Å². The molecule has 0 radical (unpaired) electrons. The highest BCUT2D eigenvalue weighted by atomic mass is 127. The Balaban J connectivity index is 0.00000261. The van der Waals surface area contributed by atoms with Gasteiger partial charge < -0.3 is 11.1 Å². The van der Waals surface area contributed by atoms with Crippen LogP contribution in [0.4, 0.5) is 0 Å². The van der Waals surface area contributed by atoms with E-state index in [4.69, 9.17) is 17.3 Å². The van der Waals surface area contributed by atoms with Crippen LogP contribution in [0.5, 0.6) is 0 Å². The molecule has 2 aromatic carbocycles. The summed E-state index contributed by atoms with van der Waals surface area (Å²) in [7, 11) is 0. The Bertz CT molecular complexity index is 819. The number of nitrogens with two attached hydrogens (primary N) is 1. The molecular weight excluding hydrogens is 473 g/mol. The molecule has 27 heavy (non-hydrogen) atoms. The van der Waals surface area contributed by atoms with Gasteiger partial charge in [-0.05, 0) is 35.7 Å². The van der Waals surface area contributed by atoms with E-state index >= 15 is 0 Å². The minimum Gasteiger partial charge on any atom is -0.370 e. The van der Waals surface area contributed by atoms with Crippen molar-refractivity contribution < 1.29 is 0 Å². The molecule has 142 valence electrons. The number of nitrogens with zero attached hydrogens (tertiary/aromatic N) is 3. The number of rotatable bonds is 7. The predicted octanol–water partition coefficient (Wildman–Crippen LogP) is 3.89. The molecule has 1 atom stereocenters. The highest BCUT2D eigenvalue weighted by Crippen LogP contribution is 2.20. The minimum absolute atomic E-state index is 0. The third-order valence-electron chi connectivity index (χ3n) is 4.10. The average Bonchev–Trinajstić information content (AvgIpc) is 3.19. The first kappa shape index (κ1) is 21.2. The van der Waals surface area contributed by atoms with E-state index in [1.165, 1.54) is 5.56 Å². The fourth-order valence-electron chi connectivity index (χ4n) is 2.71. The Morgan fingerprint density at radius 1 is 1.11 bits per heavy atom. The molecule has 0 spiro atoms. The van der Waals surface area contributed by atoms with Gasteiger partial charge in [0.25, 0.3) is 0 Å². The van der Waals surface area contributed by atoms with Gasteiger partial charge in [0.05, 0.1) is 12.6 Å². The van der Waals surface area contributed by atoms with Crippen LogP contribution in [0.3, 0.4) is 0 Å². The minimum atomic E-state index is -0.0308. The lowest BCUT2D eigenvalue weighted by Gasteiger charge is -2.17. The molecule has 0 saturated carbocycles. The van der Waals surface area contributed by atoms with Crippen molar-refractivity contribution in [3.8, 4) is 0 Å². The van der Waals surface area contributed by atoms with E-state index in [1.807, 2.05) is 59.4 Å². The molecule has 1 aromatic heterocycles. The van der Waals surface area contributed by atoms with Gasteiger partial charge in [0.2, 0.25) is 0 Å². The third kappa shape index (κ3) is 6.55. The molecule has 0 aliphatic carbocycles. The van der Waals surface area contributed by atoms with E-state index in [0.29, 0.717) is 17.5 Å². The van der Waals surface area contributed by atoms with Gasteiger partial charge in [-0.1, -0.05) is 54.1 Å². The zero-order chi connectivity index (χ0) is 18.2. The molecule has 1 unspecified atom stereocenters. The molecule has 0 amide bonds. The van der Waals surface area contributed by atoms with Crippen molar-refractivity contribution in [1.29, 1.82) is 0 Å². The second-order valence-corrected chi connectivity index (χ2v) is 6.38. The Morgan fingerprint density at radius 2 is 1.85 bits per heavy atom. The smallest absolute Gasteiger partial charge is 0.188 e. The summed E-state index contributed by atoms with van der Waals surface area (Å²) in [6, 6.07) is 19.9. The maximum absolute atomic E-state index is 6.03. The molecule has 5 nitrogen and oxygen atoms in total. The van der Waals surface area contributed by atoms with Crippen LogP contribution in [-0.4, -0.2) is 28.8 Å². The molecule has 0 fully saturated rings. The summed E-state index contributed by atoms with van der Waals surface area (Å²) in [5, 5.41) is 8.22. The van der Waals surface area contributed by atoms with E-state index in [-0.39, 0.29) is 30.0 Å². The first-order chi connectivity index (χ1) is 12.7. The topological polar surface area (TPSA) is 68.2 Å². The van der Waals surface area contributed by atoms with Crippen molar-refractivity contribution in [1.82, 2.24) is 15.1 Å². The molecule has 0 aliphatic heterocycles. The number of hydrogen-bond acceptors (Lipinski definition) is 2. The lowest BCUT2D eigenvalue weighted by molar-refractivity contribution is 0.532. The van der Waals surface area contributed by atoms with E-state index in [9.17, 15) is 0 Å². The number of aliphatic imine (C=N–C) groups is 1. The first-order valence-corrected chi connectivity index (χ1v) is 8.92. The third-order valence-corrected chi connectivity index (χ3v) is 4.35. The number of benzene rings is 2. The fourth-order valence-corrected chi connectivity index (χ4v) is 2.84. The molecule has 0 aliphatic rings. The van der Waals surface area contributed by atoms with E-state index < -0.39 is 0 Å². The standard InChI is InChI=1S/C20H22ClN5.HI/c21-18-9-7-17(8-10-18)19(26-14-4-12-25-26)15-24-20(22)23-13-11-16-5-2-1-3-6-16;/h1-10,12,14,19H,11,13,15H2,(H3,22,23,24);1H. The zero-order valence-corrected chi connectivity index (χ0v) is 17.9. The monoisotopic (exact) mass is 495 g/mol. The maximum atomic E-state index is 6.03. The van der Waals surface area contributed by atoms with Gasteiger partial charge in [-0.2, -0.15) is 5.10 Å². The second kappa shape index (κ2) is 10.9. The van der Waals surface area contributed by atoms with E-state index in [1.54, 1.807) is 6.20 Å². The molecule has 1 heterocycles. The van der Waals surface area contributed by atoms with Crippen molar-refractivity contribution in [2.75, 3.05) is 13.1 Å². The zero-order valence-electron chi connectivity index (χ0n) is 14.8. The van der Waals surface area contributed by atoms with Gasteiger partial charge in [0.1, 0.15) is 0 Å². The number of hydrogen-bond donors (Lipinski definition) is 2. The second-order valence-electron chi connectivity index (χ2n) is 5.94. The Labute approximate surface area is 181 Å². The normalized spacial score (nSPS) is 12.3. The van der Waals surface area contributed by atoms with Crippen LogP contribution >= 0.6 is 35.6 Å². The molecular formula is C20H23ClIN5. The number of nitrogens with one attached hydrogen (secondary N) is 1. The van der Waals surface area contributed by atoms with Crippen molar-refractivity contribution >= 4 is 41.5 Å². The van der Waals surface area contributed by atoms with Crippen molar-refractivity contribution in [2.45, 2.75) is 12.5 Å². The molecule has 7 heteroatoms. The van der Waals surface area contributed by atoms with E-state index in [2.05, 4.69) is 27.5 Å². The Kier molecular flexibility index (Phi) is 8.60. The van der Waals surface area contributed by atoms with Gasteiger partial charge in [0.15, 0.2) is 5.96 Å². The van der Waals surface area contributed by atoms with Crippen molar-refractivity contribution in [2.24, 2.45) is 10.7 Å². The molecule has 3 aromatic rings. The lowest BCUT2D eigenvalue weighted by Crippen LogP contribution is -2.34. The van der Waals surface area contributed by atoms with Gasteiger partial charge in [0, 0.05) is 24.0 Å². The largest absolute Gasteiger partial charge is 0.370 e. The van der Waals surface area contributed by atoms with Crippen molar-refractivity contribution in [3.05, 3.63) is 89.2 Å². The predicted molar refractivity (Wildman–Crippen MR) is 122 cm³/mol. The SMILES string of the molecule is I.NC(=NCC(c1ccc(Cl)cc1)n1cccn1)NCCc1ccccc1. The summed E-state index contributed by atoms with van der Waals surface area (Å²) in [5.41, 5.74) is 8.38. The summed E-state index contributed by atoms with van der Waals surface area (Å²) in [4.78, 5) is 4.50. The number of guanidine groups is 1. The van der Waals surface area contributed by atoms with Gasteiger partial charge in [-0.25, -0.2) is 0 Å². The van der Waals surface area contributed by atoms with Crippen LogP contribution in [0.15, 0.2) is 78.0 Å². The summed E-state index contributed by atoms with van der Waals surface area (Å²) < 4.78 is 1.88. The van der Waals surface area contributed by atoms with Crippen LogP contribution in [-0.2, 0) is 6.42 Å². The number of aromatic nitrogens is 2. The highest BCUT2D eigenvalue weighted by Gasteiger charge is 2.13. The van der Waals surface area contributed by atoms with Gasteiger partial charge in [-0.3, -0.25) is 9.67 Å². The summed E-state index contributed by atoms with van der Waals surface area (Å²) in [6.45, 7) is 1.24. The molecule has 3 N–H and O–H groups in total. The molecule has 3 rings (SSSR count). The van der Waals surface area contributed by atoms with E-state index in [0.717, 1.165) is 18.5 Å². The van der Waals surface area contributed by atoms with Crippen LogP contribution in [0, 0.1) is 0 Å². The Hall–Kier alpha value is -2.06. The van der Waals surface area contributed by atoms with Crippen LogP contribution in [0.2, 0.25) is 5.02 Å². The quantitative estimate of drug-likeness (QED) is 0.297. The molecule has 0 bridgehead atoms. The first-order valence-electron chi connectivity index (χ1n) is 8.54. The summed E-state index contributed by atoms with van der Waals surface area (Å²) in [5.74, 6) is 0.437. The number of halogens is 2. The van der Waals surface area contributed by atoms with Crippen LogP contribution in [0.1, 0.15) is 17.2 Å². The summed E-state index contributed by atoms with van der Waals surface area (Å²) in [6.07, 6.45) is 4.58. The van der Waals surface area contributed by atoms with Crippen molar-refractivity contribution in [3.63, 3.8) is 0 Å². The van der Waals surface area contributed by atoms with Gasteiger partial charge in [-0.15, -0.1) is 24.0 Å². The lowest BCUT2D eigenvalue weighted by atomic mass is 10.1. The summed E-state index contributed by atoms with van der Waals surface area (Å²) >= 11 is 6.00. The fraction of sp³-hybridized carbons (Fsp3) is 0.200. The Morgan fingerprint density at radius 3 is 2.52 bits per heavy atom. The maximum Gasteiger partial charge on any atom is 0.188 e. The highest BCUT2D eigenvalue weighted by molar-refractivity contribution is 14.0. The van der Waals surface area contributed by atoms with Crippen LogP contribution in [0.25, 0.3) is 0 Å². The van der Waals surface area contributed by atoms with Crippen LogP contribution < -0.4 is 11.1 Å². The average molecular weight is 496 g/mol. The molecule has 0 saturated heterocycles.